The fourth-order valence-corrected chi connectivity index (χ4v) is 4.38. The third-order valence-electron chi connectivity index (χ3n) is 4.65. The van der Waals surface area contributed by atoms with E-state index in [-0.39, 0.29) is 17.1 Å². The highest BCUT2D eigenvalue weighted by Gasteiger charge is 2.18. The maximum atomic E-state index is 12.8. The van der Waals surface area contributed by atoms with E-state index in [1.54, 1.807) is 24.3 Å². The lowest BCUT2D eigenvalue weighted by Crippen LogP contribution is -2.17. The minimum Gasteiger partial charge on any atom is -0.497 e. The normalized spacial score (nSPS) is 11.3. The second kappa shape index (κ2) is 10.6. The van der Waals surface area contributed by atoms with E-state index in [2.05, 4.69) is 10.1 Å². The number of ether oxygens (including phenoxy) is 2. The van der Waals surface area contributed by atoms with E-state index in [1.165, 1.54) is 49.6 Å². The Hall–Kier alpha value is -3.17. The molecule has 0 spiro atoms. The number of hydrogen-bond acceptors (Lipinski definition) is 5. The highest BCUT2D eigenvalue weighted by molar-refractivity contribution is 7.91. The molecule has 0 saturated carbocycles. The molecule has 1 N–H and O–H groups in total. The molecule has 0 atom stereocenters. The first-order chi connectivity index (χ1) is 15.7. The molecule has 10 heteroatoms. The Morgan fingerprint density at radius 2 is 1.70 bits per heavy atom. The van der Waals surface area contributed by atoms with E-state index in [1.807, 2.05) is 0 Å². The molecule has 0 saturated heterocycles. The Labute approximate surface area is 195 Å². The number of halogens is 3. The molecule has 0 fully saturated rings. The summed E-state index contributed by atoms with van der Waals surface area (Å²) < 4.78 is 60.2. The van der Waals surface area contributed by atoms with Crippen LogP contribution in [0.25, 0.3) is 11.1 Å². The van der Waals surface area contributed by atoms with Crippen LogP contribution in [0.3, 0.4) is 0 Å². The summed E-state index contributed by atoms with van der Waals surface area (Å²) in [4.78, 5) is 12.4. The van der Waals surface area contributed by atoms with Crippen LogP contribution in [0.15, 0.2) is 71.6 Å². The number of sulfone groups is 1. The lowest BCUT2D eigenvalue weighted by Gasteiger charge is -2.14. The van der Waals surface area contributed by atoms with E-state index >= 15 is 0 Å². The monoisotopic (exact) mass is 495 g/mol. The summed E-state index contributed by atoms with van der Waals surface area (Å²) >= 11 is 5.77. The molecule has 0 aliphatic carbocycles. The van der Waals surface area contributed by atoms with Gasteiger partial charge >= 0.3 is 6.61 Å². The van der Waals surface area contributed by atoms with Crippen LogP contribution in [0.2, 0.25) is 5.02 Å². The minimum absolute atomic E-state index is 0.0648. The summed E-state index contributed by atoms with van der Waals surface area (Å²) in [6.07, 6.45) is -0.294. The van der Waals surface area contributed by atoms with Gasteiger partial charge in [-0.25, -0.2) is 8.42 Å². The van der Waals surface area contributed by atoms with Gasteiger partial charge in [-0.3, -0.25) is 4.79 Å². The third-order valence-corrected chi connectivity index (χ3v) is 6.63. The van der Waals surface area contributed by atoms with Gasteiger partial charge in [-0.15, -0.1) is 0 Å². The molecule has 0 bridgehead atoms. The van der Waals surface area contributed by atoms with Gasteiger partial charge in [-0.2, -0.15) is 8.78 Å². The number of carbonyl (C=O) groups is 1. The zero-order chi connectivity index (χ0) is 24.0. The fourth-order valence-electron chi connectivity index (χ4n) is 3.01. The Balaban J connectivity index is 1.75. The highest BCUT2D eigenvalue weighted by Crippen LogP contribution is 2.34. The Bertz CT molecular complexity index is 1220. The second-order valence-corrected chi connectivity index (χ2v) is 9.43. The third kappa shape index (κ3) is 6.66. The molecule has 3 aromatic rings. The minimum atomic E-state index is -3.68. The summed E-state index contributed by atoms with van der Waals surface area (Å²) in [6.45, 7) is -3.03. The molecule has 6 nitrogen and oxygen atoms in total. The first kappa shape index (κ1) is 24.5. The number of alkyl halides is 2. The van der Waals surface area contributed by atoms with Gasteiger partial charge in [-0.05, 0) is 60.2 Å². The van der Waals surface area contributed by atoms with Crippen LogP contribution in [-0.2, 0) is 14.6 Å². The maximum Gasteiger partial charge on any atom is 0.387 e. The van der Waals surface area contributed by atoms with Gasteiger partial charge in [0.15, 0.2) is 9.84 Å². The summed E-state index contributed by atoms with van der Waals surface area (Å²) in [5.74, 6) is -0.436. The number of hydrogen-bond donors (Lipinski definition) is 1. The van der Waals surface area contributed by atoms with E-state index in [0.717, 1.165) is 0 Å². The van der Waals surface area contributed by atoms with Gasteiger partial charge in [0.05, 0.1) is 17.8 Å². The van der Waals surface area contributed by atoms with Gasteiger partial charge in [0.25, 0.3) is 0 Å². The van der Waals surface area contributed by atoms with Crippen molar-refractivity contribution in [3.63, 3.8) is 0 Å². The Morgan fingerprint density at radius 3 is 2.30 bits per heavy atom. The number of rotatable bonds is 9. The summed E-state index contributed by atoms with van der Waals surface area (Å²) in [5.41, 5.74) is 1.19. The first-order valence-electron chi connectivity index (χ1n) is 9.69. The molecular weight excluding hydrogens is 476 g/mol. The van der Waals surface area contributed by atoms with Crippen molar-refractivity contribution in [3.05, 3.63) is 71.8 Å². The molecule has 3 aromatic carbocycles. The van der Waals surface area contributed by atoms with Crippen LogP contribution < -0.4 is 14.8 Å². The van der Waals surface area contributed by atoms with E-state index in [9.17, 15) is 22.0 Å². The zero-order valence-electron chi connectivity index (χ0n) is 17.4. The van der Waals surface area contributed by atoms with Crippen LogP contribution >= 0.6 is 11.6 Å². The van der Waals surface area contributed by atoms with Crippen molar-refractivity contribution in [3.8, 4) is 22.6 Å². The average molecular weight is 496 g/mol. The average Bonchev–Trinajstić information content (AvgIpc) is 2.79. The fraction of sp³-hybridized carbons (Fsp3) is 0.174. The van der Waals surface area contributed by atoms with Crippen LogP contribution in [0, 0.1) is 0 Å². The van der Waals surface area contributed by atoms with Gasteiger partial charge in [0, 0.05) is 22.7 Å². The summed E-state index contributed by atoms with van der Waals surface area (Å²) in [6, 6.07) is 16.5. The van der Waals surface area contributed by atoms with Gasteiger partial charge in [0.1, 0.15) is 11.5 Å². The van der Waals surface area contributed by atoms with Crippen molar-refractivity contribution in [1.29, 1.82) is 0 Å². The van der Waals surface area contributed by atoms with Crippen molar-refractivity contribution in [1.82, 2.24) is 0 Å². The quantitative estimate of drug-likeness (QED) is 0.428. The maximum absolute atomic E-state index is 12.8. The second-order valence-electron chi connectivity index (χ2n) is 6.89. The van der Waals surface area contributed by atoms with Crippen molar-refractivity contribution in [2.24, 2.45) is 0 Å². The number of carbonyl (C=O) groups excluding carboxylic acids is 1. The predicted molar refractivity (Wildman–Crippen MR) is 122 cm³/mol. The van der Waals surface area contributed by atoms with Gasteiger partial charge < -0.3 is 14.8 Å². The Morgan fingerprint density at radius 1 is 1.03 bits per heavy atom. The number of anilines is 1. The van der Waals surface area contributed by atoms with Crippen LogP contribution in [0.4, 0.5) is 14.5 Å². The molecule has 1 amide bonds. The SMILES string of the molecule is COc1ccc(-c2cc(NC(=O)CCS(=O)(=O)c3ccc(Cl)cc3)ccc2OC(F)F)cc1. The zero-order valence-corrected chi connectivity index (χ0v) is 19.0. The van der Waals surface area contributed by atoms with Crippen LogP contribution in [-0.4, -0.2) is 33.8 Å². The number of nitrogens with one attached hydrogen (secondary N) is 1. The van der Waals surface area contributed by atoms with Crippen LogP contribution in [0.1, 0.15) is 6.42 Å². The molecule has 3 rings (SSSR count). The van der Waals surface area contributed by atoms with Crippen molar-refractivity contribution in [2.75, 3.05) is 18.2 Å². The highest BCUT2D eigenvalue weighted by atomic mass is 35.5. The standard InChI is InChI=1S/C23H20ClF2NO5S/c1-31-18-7-2-15(3-8-18)20-14-17(6-11-21(20)32-23(25)26)27-22(28)12-13-33(29,30)19-9-4-16(24)5-10-19/h2-11,14,23H,12-13H2,1H3,(H,27,28). The Kier molecular flexibility index (Phi) is 7.88. The molecular formula is C23H20ClF2NO5S. The summed E-state index contributed by atoms with van der Waals surface area (Å²) in [5, 5.41) is 3.00. The van der Waals surface area contributed by atoms with E-state index < -0.39 is 28.1 Å². The number of benzene rings is 3. The lowest BCUT2D eigenvalue weighted by molar-refractivity contribution is -0.115. The topological polar surface area (TPSA) is 81.7 Å². The largest absolute Gasteiger partial charge is 0.497 e. The van der Waals surface area contributed by atoms with Crippen molar-refractivity contribution >= 4 is 33.0 Å². The van der Waals surface area contributed by atoms with Crippen molar-refractivity contribution < 1.29 is 31.5 Å². The molecule has 0 aromatic heterocycles. The first-order valence-corrected chi connectivity index (χ1v) is 11.7. The predicted octanol–water partition coefficient (Wildman–Crippen LogP) is 5.42. The van der Waals surface area contributed by atoms with E-state index in [4.69, 9.17) is 16.3 Å². The smallest absolute Gasteiger partial charge is 0.387 e. The molecule has 0 aliphatic heterocycles. The summed E-state index contributed by atoms with van der Waals surface area (Å²) in [7, 11) is -2.17. The lowest BCUT2D eigenvalue weighted by atomic mass is 10.0. The number of amides is 1. The number of methoxy groups -OCH3 is 1. The molecule has 0 heterocycles. The molecule has 33 heavy (non-hydrogen) atoms. The van der Waals surface area contributed by atoms with Crippen molar-refractivity contribution in [2.45, 2.75) is 17.9 Å². The van der Waals surface area contributed by atoms with Crippen LogP contribution in [0.5, 0.6) is 11.5 Å². The van der Waals surface area contributed by atoms with Gasteiger partial charge in [0.2, 0.25) is 5.91 Å². The molecule has 0 unspecified atom stereocenters. The molecule has 174 valence electrons. The molecule has 0 radical (unpaired) electrons. The molecule has 0 aliphatic rings. The van der Waals surface area contributed by atoms with E-state index in [0.29, 0.717) is 27.6 Å². The van der Waals surface area contributed by atoms with Gasteiger partial charge in [-0.1, -0.05) is 23.7 Å².